The van der Waals surface area contributed by atoms with Crippen LogP contribution in [0.3, 0.4) is 0 Å². The molecule has 0 amide bonds. The zero-order chi connectivity index (χ0) is 9.14. The quantitative estimate of drug-likeness (QED) is 0.713. The van der Waals surface area contributed by atoms with Gasteiger partial charge in [-0.3, -0.25) is 0 Å². The summed E-state index contributed by atoms with van der Waals surface area (Å²) in [5.74, 6) is 1.97. The van der Waals surface area contributed by atoms with Crippen molar-refractivity contribution in [2.24, 2.45) is 0 Å². The molecule has 0 radical (unpaired) electrons. The third-order valence-electron chi connectivity index (χ3n) is 2.21. The van der Waals surface area contributed by atoms with Crippen molar-refractivity contribution >= 4 is 48.8 Å². The number of hydrogen-bond acceptors (Lipinski definition) is 4. The van der Waals surface area contributed by atoms with Crippen molar-refractivity contribution in [3.05, 3.63) is 0 Å². The molecule has 0 spiro atoms. The van der Waals surface area contributed by atoms with Crippen LogP contribution in [-0.2, 0) is 0 Å². The Bertz CT molecular complexity index is 123. The third-order valence-corrected chi connectivity index (χ3v) is 7.20. The summed E-state index contributed by atoms with van der Waals surface area (Å²) >= 11 is 12.9. The molecule has 1 rings (SSSR count). The molecule has 0 aliphatic carbocycles. The summed E-state index contributed by atoms with van der Waals surface area (Å²) in [5.41, 5.74) is 0. The summed E-state index contributed by atoms with van der Waals surface area (Å²) < 4.78 is 0. The van der Waals surface area contributed by atoms with Crippen molar-refractivity contribution in [1.82, 2.24) is 0 Å². The smallest absolute Gasteiger partial charge is 0.0265 e. The SMILES string of the molecule is CC1SC(CS)C(CS)SC1C. The van der Waals surface area contributed by atoms with E-state index in [2.05, 4.69) is 62.6 Å². The van der Waals surface area contributed by atoms with Gasteiger partial charge >= 0.3 is 0 Å². The lowest BCUT2D eigenvalue weighted by atomic mass is 10.3. The fourth-order valence-electron chi connectivity index (χ4n) is 1.27. The van der Waals surface area contributed by atoms with Gasteiger partial charge in [0.15, 0.2) is 0 Å². The zero-order valence-corrected chi connectivity index (χ0v) is 10.9. The largest absolute Gasteiger partial charge is 0.178 e. The van der Waals surface area contributed by atoms with Crippen LogP contribution in [0, 0.1) is 0 Å². The van der Waals surface area contributed by atoms with E-state index in [4.69, 9.17) is 0 Å². The van der Waals surface area contributed by atoms with Crippen LogP contribution < -0.4 is 0 Å². The second kappa shape index (κ2) is 5.32. The van der Waals surface area contributed by atoms with E-state index in [-0.39, 0.29) is 0 Å². The minimum Gasteiger partial charge on any atom is -0.178 e. The van der Waals surface area contributed by atoms with Crippen molar-refractivity contribution in [3.63, 3.8) is 0 Å². The summed E-state index contributed by atoms with van der Waals surface area (Å²) in [4.78, 5) is 0. The predicted octanol–water partition coefficient (Wildman–Crippen LogP) is 2.84. The number of rotatable bonds is 2. The van der Waals surface area contributed by atoms with Crippen molar-refractivity contribution in [2.75, 3.05) is 11.5 Å². The summed E-state index contributed by atoms with van der Waals surface area (Å²) in [6.07, 6.45) is 0. The maximum atomic E-state index is 4.38. The molecule has 4 unspecified atom stereocenters. The van der Waals surface area contributed by atoms with Crippen LogP contribution in [-0.4, -0.2) is 32.5 Å². The molecule has 0 saturated carbocycles. The molecule has 0 bridgehead atoms. The average molecular weight is 240 g/mol. The lowest BCUT2D eigenvalue weighted by molar-refractivity contribution is 0.848. The van der Waals surface area contributed by atoms with E-state index >= 15 is 0 Å². The van der Waals surface area contributed by atoms with Gasteiger partial charge in [-0.15, -0.1) is 0 Å². The first-order chi connectivity index (χ1) is 5.69. The van der Waals surface area contributed by atoms with Gasteiger partial charge in [-0.05, 0) is 0 Å². The van der Waals surface area contributed by atoms with Gasteiger partial charge in [-0.2, -0.15) is 48.8 Å². The fraction of sp³-hybridized carbons (Fsp3) is 1.00. The molecule has 1 aliphatic heterocycles. The standard InChI is InChI=1S/C8H16S4/c1-5-6(2)12-8(4-10)7(3-9)11-5/h5-10H,3-4H2,1-2H3. The number of hydrogen-bond donors (Lipinski definition) is 2. The lowest BCUT2D eigenvalue weighted by Crippen LogP contribution is -2.35. The molecule has 4 atom stereocenters. The predicted molar refractivity (Wildman–Crippen MR) is 69.4 cm³/mol. The van der Waals surface area contributed by atoms with Gasteiger partial charge in [-0.25, -0.2) is 0 Å². The Morgan fingerprint density at radius 1 is 0.917 bits per heavy atom. The van der Waals surface area contributed by atoms with Crippen LogP contribution >= 0.6 is 48.8 Å². The van der Waals surface area contributed by atoms with Gasteiger partial charge in [0, 0.05) is 32.5 Å². The highest BCUT2D eigenvalue weighted by atomic mass is 32.2. The first kappa shape index (κ1) is 11.5. The van der Waals surface area contributed by atoms with Crippen molar-refractivity contribution in [2.45, 2.75) is 34.8 Å². The molecule has 0 N–H and O–H groups in total. The molecular weight excluding hydrogens is 224 g/mol. The van der Waals surface area contributed by atoms with Gasteiger partial charge in [0.25, 0.3) is 0 Å². The highest BCUT2D eigenvalue weighted by Crippen LogP contribution is 2.41. The van der Waals surface area contributed by atoms with Crippen LogP contribution in [0.15, 0.2) is 0 Å². The third kappa shape index (κ3) is 2.69. The van der Waals surface area contributed by atoms with Crippen molar-refractivity contribution in [3.8, 4) is 0 Å². The zero-order valence-electron chi connectivity index (χ0n) is 7.43. The Morgan fingerprint density at radius 3 is 1.50 bits per heavy atom. The maximum Gasteiger partial charge on any atom is 0.0265 e. The monoisotopic (exact) mass is 240 g/mol. The van der Waals surface area contributed by atoms with Crippen molar-refractivity contribution in [1.29, 1.82) is 0 Å². The molecule has 0 aromatic rings. The summed E-state index contributed by atoms with van der Waals surface area (Å²) in [6, 6.07) is 0. The van der Waals surface area contributed by atoms with E-state index in [1.54, 1.807) is 0 Å². The van der Waals surface area contributed by atoms with Crippen LogP contribution in [0.1, 0.15) is 13.8 Å². The van der Waals surface area contributed by atoms with E-state index in [1.807, 2.05) is 0 Å². The van der Waals surface area contributed by atoms with Gasteiger partial charge in [0.05, 0.1) is 0 Å². The molecule has 0 aromatic heterocycles. The first-order valence-electron chi connectivity index (χ1n) is 4.21. The molecule has 1 heterocycles. The van der Waals surface area contributed by atoms with Crippen molar-refractivity contribution < 1.29 is 0 Å². The number of thiol groups is 2. The van der Waals surface area contributed by atoms with Crippen LogP contribution in [0.4, 0.5) is 0 Å². The first-order valence-corrected chi connectivity index (χ1v) is 7.36. The topological polar surface area (TPSA) is 0 Å². The fourth-order valence-corrected chi connectivity index (χ4v) is 5.61. The van der Waals surface area contributed by atoms with E-state index in [0.29, 0.717) is 10.5 Å². The van der Waals surface area contributed by atoms with E-state index in [9.17, 15) is 0 Å². The van der Waals surface area contributed by atoms with E-state index < -0.39 is 0 Å². The van der Waals surface area contributed by atoms with E-state index in [1.165, 1.54) is 0 Å². The van der Waals surface area contributed by atoms with Gasteiger partial charge in [0.1, 0.15) is 0 Å². The number of thioether (sulfide) groups is 2. The molecule has 0 nitrogen and oxygen atoms in total. The van der Waals surface area contributed by atoms with Gasteiger partial charge in [-0.1, -0.05) is 13.8 Å². The maximum absolute atomic E-state index is 4.38. The Kier molecular flexibility index (Phi) is 5.09. The highest BCUT2D eigenvalue weighted by Gasteiger charge is 2.32. The highest BCUT2D eigenvalue weighted by molar-refractivity contribution is 8.08. The summed E-state index contributed by atoms with van der Waals surface area (Å²) in [5, 5.41) is 2.93. The second-order valence-corrected chi connectivity index (χ2v) is 7.10. The molecule has 1 saturated heterocycles. The van der Waals surface area contributed by atoms with E-state index in [0.717, 1.165) is 22.0 Å². The lowest BCUT2D eigenvalue weighted by Gasteiger charge is -2.36. The molecule has 72 valence electrons. The van der Waals surface area contributed by atoms with Gasteiger partial charge in [0.2, 0.25) is 0 Å². The Morgan fingerprint density at radius 2 is 1.25 bits per heavy atom. The van der Waals surface area contributed by atoms with Gasteiger partial charge < -0.3 is 0 Å². The Labute approximate surface area is 94.8 Å². The molecule has 1 aliphatic rings. The molecule has 12 heavy (non-hydrogen) atoms. The Balaban J connectivity index is 2.52. The van der Waals surface area contributed by atoms with Crippen LogP contribution in [0.2, 0.25) is 0 Å². The molecule has 0 aromatic carbocycles. The average Bonchev–Trinajstić information content (AvgIpc) is 2.09. The Hall–Kier alpha value is 1.40. The molecule has 4 heteroatoms. The summed E-state index contributed by atoms with van der Waals surface area (Å²) in [7, 11) is 0. The molecule has 1 fully saturated rings. The second-order valence-electron chi connectivity index (χ2n) is 3.12. The minimum absolute atomic E-state index is 0.696. The minimum atomic E-state index is 0.696. The van der Waals surface area contributed by atoms with Crippen LogP contribution in [0.5, 0.6) is 0 Å². The van der Waals surface area contributed by atoms with Crippen LogP contribution in [0.25, 0.3) is 0 Å². The normalized spacial score (nSPS) is 43.0. The summed E-state index contributed by atoms with van der Waals surface area (Å²) in [6.45, 7) is 4.63. The molecular formula is C8H16S4.